The van der Waals surface area contributed by atoms with E-state index in [-0.39, 0.29) is 0 Å². The molecule has 2 aromatic heterocycles. The Morgan fingerprint density at radius 2 is 1.96 bits per heavy atom. The standard InChI is InChI=1S/C20H26N4O2/c1-5-16(25)13-24-20(17-11-10-14(2)23(17)3)21-19(22-24)12-15-8-6-7-9-18(15)26-4/h6-11,16,25H,5,12-13H2,1-4H3/t16-/m0/s1. The monoisotopic (exact) mass is 354 g/mol. The molecule has 2 heterocycles. The molecular formula is C20H26N4O2. The number of nitrogens with zero attached hydrogens (tertiary/aromatic N) is 4. The van der Waals surface area contributed by atoms with Crippen LogP contribution in [0, 0.1) is 6.92 Å². The maximum absolute atomic E-state index is 10.1. The lowest BCUT2D eigenvalue weighted by Gasteiger charge is -2.11. The fraction of sp³-hybridized carbons (Fsp3) is 0.400. The number of benzene rings is 1. The Kier molecular flexibility index (Phi) is 5.42. The molecule has 1 aromatic carbocycles. The molecule has 0 saturated heterocycles. The van der Waals surface area contributed by atoms with E-state index in [9.17, 15) is 5.11 Å². The van der Waals surface area contributed by atoms with Crippen LogP contribution < -0.4 is 4.74 Å². The van der Waals surface area contributed by atoms with E-state index in [1.807, 2.05) is 49.0 Å². The maximum Gasteiger partial charge on any atom is 0.175 e. The number of para-hydroxylation sites is 1. The predicted octanol–water partition coefficient (Wildman–Crippen LogP) is 2.96. The Labute approximate surface area is 154 Å². The van der Waals surface area contributed by atoms with Gasteiger partial charge in [0.1, 0.15) is 5.75 Å². The van der Waals surface area contributed by atoms with Gasteiger partial charge in [-0.15, -0.1) is 0 Å². The highest BCUT2D eigenvalue weighted by Crippen LogP contribution is 2.24. The van der Waals surface area contributed by atoms with Crippen molar-refractivity contribution < 1.29 is 9.84 Å². The van der Waals surface area contributed by atoms with Crippen LogP contribution in [0.2, 0.25) is 0 Å². The molecule has 0 aliphatic rings. The highest BCUT2D eigenvalue weighted by molar-refractivity contribution is 5.52. The molecule has 3 aromatic rings. The van der Waals surface area contributed by atoms with E-state index in [4.69, 9.17) is 9.72 Å². The number of aryl methyl sites for hydroxylation is 1. The molecule has 0 amide bonds. The Balaban J connectivity index is 1.99. The van der Waals surface area contributed by atoms with Crippen molar-refractivity contribution in [3.63, 3.8) is 0 Å². The van der Waals surface area contributed by atoms with Gasteiger partial charge in [0.15, 0.2) is 11.6 Å². The zero-order valence-electron chi connectivity index (χ0n) is 15.8. The first kappa shape index (κ1) is 18.2. The highest BCUT2D eigenvalue weighted by Gasteiger charge is 2.18. The van der Waals surface area contributed by atoms with Crippen molar-refractivity contribution in [2.24, 2.45) is 7.05 Å². The molecule has 138 valence electrons. The van der Waals surface area contributed by atoms with Crippen molar-refractivity contribution in [3.8, 4) is 17.3 Å². The topological polar surface area (TPSA) is 65.1 Å². The molecule has 6 nitrogen and oxygen atoms in total. The lowest BCUT2D eigenvalue weighted by atomic mass is 10.1. The van der Waals surface area contributed by atoms with Crippen molar-refractivity contribution in [3.05, 3.63) is 53.5 Å². The molecule has 0 saturated carbocycles. The molecule has 3 rings (SSSR count). The van der Waals surface area contributed by atoms with Gasteiger partial charge in [-0.1, -0.05) is 25.1 Å². The molecule has 0 aliphatic carbocycles. The van der Waals surface area contributed by atoms with Gasteiger partial charge in [0.05, 0.1) is 25.5 Å². The van der Waals surface area contributed by atoms with E-state index >= 15 is 0 Å². The van der Waals surface area contributed by atoms with Gasteiger partial charge in [0.2, 0.25) is 0 Å². The number of aliphatic hydroxyl groups excluding tert-OH is 1. The summed E-state index contributed by atoms with van der Waals surface area (Å²) in [6.45, 7) is 4.44. The third-order valence-corrected chi connectivity index (χ3v) is 4.71. The minimum absolute atomic E-state index is 0.426. The van der Waals surface area contributed by atoms with Gasteiger partial charge in [-0.2, -0.15) is 5.10 Å². The fourth-order valence-electron chi connectivity index (χ4n) is 2.97. The molecule has 0 radical (unpaired) electrons. The van der Waals surface area contributed by atoms with E-state index in [1.165, 1.54) is 0 Å². The van der Waals surface area contributed by atoms with Crippen molar-refractivity contribution in [2.75, 3.05) is 7.11 Å². The van der Waals surface area contributed by atoms with Gasteiger partial charge >= 0.3 is 0 Å². The second kappa shape index (κ2) is 7.74. The van der Waals surface area contributed by atoms with Gasteiger partial charge in [-0.3, -0.25) is 0 Å². The summed E-state index contributed by atoms with van der Waals surface area (Å²) in [6.07, 6.45) is 0.805. The Morgan fingerprint density at radius 3 is 2.62 bits per heavy atom. The molecule has 26 heavy (non-hydrogen) atoms. The largest absolute Gasteiger partial charge is 0.496 e. The smallest absolute Gasteiger partial charge is 0.175 e. The number of hydrogen-bond acceptors (Lipinski definition) is 4. The van der Waals surface area contributed by atoms with Crippen molar-refractivity contribution in [2.45, 2.75) is 39.3 Å². The first-order chi connectivity index (χ1) is 12.5. The summed E-state index contributed by atoms with van der Waals surface area (Å²) >= 11 is 0. The van der Waals surface area contributed by atoms with Crippen molar-refractivity contribution >= 4 is 0 Å². The average molecular weight is 354 g/mol. The molecule has 6 heteroatoms. The minimum atomic E-state index is -0.448. The zero-order valence-corrected chi connectivity index (χ0v) is 15.8. The van der Waals surface area contributed by atoms with Crippen LogP contribution in [0.4, 0.5) is 0 Å². The van der Waals surface area contributed by atoms with E-state index < -0.39 is 6.10 Å². The second-order valence-electron chi connectivity index (χ2n) is 6.50. The van der Waals surface area contributed by atoms with E-state index in [0.717, 1.165) is 28.5 Å². The summed E-state index contributed by atoms with van der Waals surface area (Å²) < 4.78 is 9.34. The first-order valence-corrected chi connectivity index (χ1v) is 8.89. The highest BCUT2D eigenvalue weighted by atomic mass is 16.5. The summed E-state index contributed by atoms with van der Waals surface area (Å²) in [4.78, 5) is 4.78. The fourth-order valence-corrected chi connectivity index (χ4v) is 2.97. The molecule has 0 unspecified atom stereocenters. The van der Waals surface area contributed by atoms with Crippen molar-refractivity contribution in [1.29, 1.82) is 0 Å². The van der Waals surface area contributed by atoms with Gasteiger partial charge in [-0.05, 0) is 31.5 Å². The van der Waals surface area contributed by atoms with Crippen LogP contribution >= 0.6 is 0 Å². The lowest BCUT2D eigenvalue weighted by Crippen LogP contribution is -2.17. The lowest BCUT2D eigenvalue weighted by molar-refractivity contribution is 0.145. The molecule has 0 spiro atoms. The Hall–Kier alpha value is -2.60. The second-order valence-corrected chi connectivity index (χ2v) is 6.50. The summed E-state index contributed by atoms with van der Waals surface area (Å²) in [5, 5.41) is 14.8. The normalized spacial score (nSPS) is 12.3. The summed E-state index contributed by atoms with van der Waals surface area (Å²) in [6, 6.07) is 12.0. The Bertz CT molecular complexity index is 882. The predicted molar refractivity (Wildman–Crippen MR) is 101 cm³/mol. The molecule has 1 N–H and O–H groups in total. The summed E-state index contributed by atoms with van der Waals surface area (Å²) in [7, 11) is 3.68. The van der Waals surface area contributed by atoms with E-state index in [0.29, 0.717) is 25.2 Å². The molecule has 0 aliphatic heterocycles. The van der Waals surface area contributed by atoms with Gasteiger partial charge in [0.25, 0.3) is 0 Å². The molecular weight excluding hydrogens is 328 g/mol. The molecule has 0 bridgehead atoms. The van der Waals surface area contributed by atoms with Crippen LogP contribution in [-0.2, 0) is 20.0 Å². The van der Waals surface area contributed by atoms with Crippen LogP contribution in [-0.4, -0.2) is 37.7 Å². The van der Waals surface area contributed by atoms with Gasteiger partial charge < -0.3 is 14.4 Å². The first-order valence-electron chi connectivity index (χ1n) is 8.89. The number of hydrogen-bond donors (Lipinski definition) is 1. The van der Waals surface area contributed by atoms with Crippen LogP contribution in [0.1, 0.15) is 30.4 Å². The number of methoxy groups -OCH3 is 1. The molecule has 0 fully saturated rings. The summed E-state index contributed by atoms with van der Waals surface area (Å²) in [5.74, 6) is 2.32. The minimum Gasteiger partial charge on any atom is -0.496 e. The van der Waals surface area contributed by atoms with E-state index in [2.05, 4.69) is 22.7 Å². The van der Waals surface area contributed by atoms with Crippen molar-refractivity contribution in [1.82, 2.24) is 19.3 Å². The third kappa shape index (κ3) is 3.65. The van der Waals surface area contributed by atoms with Crippen LogP contribution in [0.15, 0.2) is 36.4 Å². The quantitative estimate of drug-likeness (QED) is 0.708. The van der Waals surface area contributed by atoms with Gasteiger partial charge in [-0.25, -0.2) is 9.67 Å². The van der Waals surface area contributed by atoms with Crippen LogP contribution in [0.5, 0.6) is 5.75 Å². The van der Waals surface area contributed by atoms with Crippen LogP contribution in [0.25, 0.3) is 11.5 Å². The number of aliphatic hydroxyl groups is 1. The van der Waals surface area contributed by atoms with Gasteiger partial charge in [0, 0.05) is 24.7 Å². The third-order valence-electron chi connectivity index (χ3n) is 4.71. The Morgan fingerprint density at radius 1 is 1.19 bits per heavy atom. The number of rotatable bonds is 7. The average Bonchev–Trinajstić information content (AvgIpc) is 3.18. The number of aromatic nitrogens is 4. The SMILES string of the molecule is CC[C@H](O)Cn1nc(Cc2ccccc2OC)nc1-c1ccc(C)n1C. The van der Waals surface area contributed by atoms with E-state index in [1.54, 1.807) is 7.11 Å². The maximum atomic E-state index is 10.1. The zero-order chi connectivity index (χ0) is 18.7. The molecule has 1 atom stereocenters. The van der Waals surface area contributed by atoms with Crippen LogP contribution in [0.3, 0.4) is 0 Å². The number of ether oxygens (including phenoxy) is 1. The summed E-state index contributed by atoms with van der Waals surface area (Å²) in [5.41, 5.74) is 3.18.